The fourth-order valence-electron chi connectivity index (χ4n) is 3.64. The third kappa shape index (κ3) is 4.00. The van der Waals surface area contributed by atoms with Gasteiger partial charge in [-0.2, -0.15) is 13.2 Å². The summed E-state index contributed by atoms with van der Waals surface area (Å²) < 4.78 is 38.3. The molecule has 21 heavy (non-hydrogen) atoms. The van der Waals surface area contributed by atoms with E-state index in [4.69, 9.17) is 0 Å². The number of hydrogen-bond donors (Lipinski definition) is 1. The second kappa shape index (κ2) is 6.39. The van der Waals surface area contributed by atoms with E-state index in [0.29, 0.717) is 12.8 Å². The lowest BCUT2D eigenvalue weighted by Gasteiger charge is -2.35. The Balaban J connectivity index is 2.09. The van der Waals surface area contributed by atoms with E-state index in [0.717, 1.165) is 0 Å². The van der Waals surface area contributed by atoms with Crippen molar-refractivity contribution < 1.29 is 13.2 Å². The molecule has 0 radical (unpaired) electrons. The van der Waals surface area contributed by atoms with Crippen molar-refractivity contribution >= 4 is 0 Å². The minimum absolute atomic E-state index is 0.151. The topological polar surface area (TPSA) is 12.0 Å². The van der Waals surface area contributed by atoms with Gasteiger partial charge in [0.25, 0.3) is 0 Å². The van der Waals surface area contributed by atoms with Crippen molar-refractivity contribution in [1.29, 1.82) is 0 Å². The minimum Gasteiger partial charge on any atom is -0.313 e. The van der Waals surface area contributed by atoms with Gasteiger partial charge in [0.2, 0.25) is 0 Å². The van der Waals surface area contributed by atoms with Gasteiger partial charge >= 0.3 is 6.18 Å². The molecule has 118 valence electrons. The Morgan fingerprint density at radius 3 is 1.95 bits per heavy atom. The molecular weight excluding hydrogens is 275 g/mol. The zero-order valence-corrected chi connectivity index (χ0v) is 12.9. The number of nitrogens with one attached hydrogen (secondary N) is 1. The van der Waals surface area contributed by atoms with Gasteiger partial charge in [0.15, 0.2) is 0 Å². The lowest BCUT2D eigenvalue weighted by Crippen LogP contribution is -2.33. The highest BCUT2D eigenvalue weighted by molar-refractivity contribution is 5.31. The molecule has 0 aromatic heterocycles. The molecule has 1 aromatic rings. The van der Waals surface area contributed by atoms with Crippen molar-refractivity contribution in [2.45, 2.75) is 51.7 Å². The van der Waals surface area contributed by atoms with E-state index in [1.165, 1.54) is 16.7 Å². The Labute approximate surface area is 124 Å². The molecule has 4 heteroatoms. The summed E-state index contributed by atoms with van der Waals surface area (Å²) in [6, 6.07) is 6.56. The van der Waals surface area contributed by atoms with Gasteiger partial charge in [0.05, 0.1) is 5.92 Å². The van der Waals surface area contributed by atoms with Crippen molar-refractivity contribution in [3.05, 3.63) is 34.9 Å². The smallest absolute Gasteiger partial charge is 0.313 e. The van der Waals surface area contributed by atoms with E-state index in [-0.39, 0.29) is 24.8 Å². The van der Waals surface area contributed by atoms with Crippen molar-refractivity contribution in [1.82, 2.24) is 5.32 Å². The van der Waals surface area contributed by atoms with E-state index in [1.54, 1.807) is 0 Å². The van der Waals surface area contributed by atoms with E-state index < -0.39 is 12.1 Å². The summed E-state index contributed by atoms with van der Waals surface area (Å²) in [6.45, 7) is 4.12. The highest BCUT2D eigenvalue weighted by atomic mass is 19.4. The van der Waals surface area contributed by atoms with E-state index in [1.807, 2.05) is 7.05 Å². The highest BCUT2D eigenvalue weighted by Crippen LogP contribution is 2.43. The molecule has 0 heterocycles. The Morgan fingerprint density at radius 2 is 1.52 bits per heavy atom. The summed E-state index contributed by atoms with van der Waals surface area (Å²) in [5.41, 5.74) is 3.61. The average molecular weight is 299 g/mol. The number of halogens is 3. The molecule has 0 spiro atoms. The van der Waals surface area contributed by atoms with Gasteiger partial charge < -0.3 is 5.32 Å². The minimum atomic E-state index is -4.03. The zero-order chi connectivity index (χ0) is 15.6. The molecule has 1 N–H and O–H groups in total. The molecule has 1 atom stereocenters. The fourth-order valence-corrected chi connectivity index (χ4v) is 3.64. The maximum absolute atomic E-state index is 12.8. The highest BCUT2D eigenvalue weighted by Gasteiger charge is 2.42. The van der Waals surface area contributed by atoms with Crippen LogP contribution in [0.2, 0.25) is 0 Å². The maximum Gasteiger partial charge on any atom is 0.391 e. The fraction of sp³-hybridized carbons (Fsp3) is 0.647. The summed E-state index contributed by atoms with van der Waals surface area (Å²) in [5, 5.41) is 3.31. The average Bonchev–Trinajstić information content (AvgIpc) is 2.38. The molecule has 1 saturated carbocycles. The SMILES string of the molecule is CNC(c1cc(C)cc(C)c1)C1CCC(C(F)(F)F)CC1. The van der Waals surface area contributed by atoms with E-state index in [2.05, 4.69) is 37.4 Å². The number of alkyl halides is 3. The van der Waals surface area contributed by atoms with Crippen molar-refractivity contribution in [2.75, 3.05) is 7.05 Å². The first-order valence-electron chi connectivity index (χ1n) is 7.63. The van der Waals surface area contributed by atoms with Crippen LogP contribution in [0.25, 0.3) is 0 Å². The van der Waals surface area contributed by atoms with Crippen LogP contribution < -0.4 is 5.32 Å². The van der Waals surface area contributed by atoms with Crippen LogP contribution in [-0.2, 0) is 0 Å². The summed E-state index contributed by atoms with van der Waals surface area (Å²) in [5.74, 6) is -0.819. The lowest BCUT2D eigenvalue weighted by atomic mass is 9.76. The van der Waals surface area contributed by atoms with Crippen molar-refractivity contribution in [3.63, 3.8) is 0 Å². The first kappa shape index (κ1) is 16.3. The molecule has 0 aliphatic heterocycles. The zero-order valence-electron chi connectivity index (χ0n) is 12.9. The molecule has 1 fully saturated rings. The van der Waals surface area contributed by atoms with Crippen molar-refractivity contribution in [2.24, 2.45) is 11.8 Å². The normalized spacial score (nSPS) is 24.9. The molecule has 0 saturated heterocycles. The number of rotatable bonds is 3. The van der Waals surface area contributed by atoms with Gasteiger partial charge in [-0.1, -0.05) is 29.3 Å². The van der Waals surface area contributed by atoms with Gasteiger partial charge in [-0.05, 0) is 58.1 Å². The van der Waals surface area contributed by atoms with E-state index >= 15 is 0 Å². The van der Waals surface area contributed by atoms with Gasteiger partial charge in [-0.3, -0.25) is 0 Å². The van der Waals surface area contributed by atoms with Crippen LogP contribution in [0.3, 0.4) is 0 Å². The van der Waals surface area contributed by atoms with E-state index in [9.17, 15) is 13.2 Å². The van der Waals surface area contributed by atoms with Crippen LogP contribution in [0.1, 0.15) is 48.4 Å². The molecule has 1 aliphatic rings. The molecule has 0 bridgehead atoms. The number of benzene rings is 1. The number of aryl methyl sites for hydroxylation is 2. The van der Waals surface area contributed by atoms with Gasteiger partial charge in [-0.25, -0.2) is 0 Å². The van der Waals surface area contributed by atoms with Crippen LogP contribution in [-0.4, -0.2) is 13.2 Å². The predicted octanol–water partition coefficient (Wildman–Crippen LogP) is 4.93. The van der Waals surface area contributed by atoms with Crippen molar-refractivity contribution in [3.8, 4) is 0 Å². The Hall–Kier alpha value is -1.03. The Kier molecular flexibility index (Phi) is 4.97. The summed E-state index contributed by atoms with van der Waals surface area (Å²) in [6.07, 6.45) is -2.22. The van der Waals surface area contributed by atoms with Crippen LogP contribution in [0.5, 0.6) is 0 Å². The quantitative estimate of drug-likeness (QED) is 0.834. The second-order valence-electron chi connectivity index (χ2n) is 6.34. The summed E-state index contributed by atoms with van der Waals surface area (Å²) in [4.78, 5) is 0. The molecule has 1 nitrogen and oxygen atoms in total. The molecule has 1 aromatic carbocycles. The molecule has 0 amide bonds. The predicted molar refractivity (Wildman–Crippen MR) is 79.2 cm³/mol. The van der Waals surface area contributed by atoms with Crippen LogP contribution in [0, 0.1) is 25.7 Å². The largest absolute Gasteiger partial charge is 0.391 e. The standard InChI is InChI=1S/C17H24F3N/c1-11-8-12(2)10-14(9-11)16(21-3)13-4-6-15(7-5-13)17(18,19)20/h8-10,13,15-16,21H,4-7H2,1-3H3. The van der Waals surface area contributed by atoms with Crippen LogP contribution in [0.15, 0.2) is 18.2 Å². The molecule has 2 rings (SSSR count). The first-order chi connectivity index (χ1) is 9.81. The summed E-state index contributed by atoms with van der Waals surface area (Å²) in [7, 11) is 1.90. The van der Waals surface area contributed by atoms with Crippen LogP contribution in [0.4, 0.5) is 13.2 Å². The molecule has 1 aliphatic carbocycles. The second-order valence-corrected chi connectivity index (χ2v) is 6.34. The monoisotopic (exact) mass is 299 g/mol. The van der Waals surface area contributed by atoms with Crippen LogP contribution >= 0.6 is 0 Å². The summed E-state index contributed by atoms with van der Waals surface area (Å²) >= 11 is 0. The molecule has 1 unspecified atom stereocenters. The third-order valence-corrected chi connectivity index (χ3v) is 4.62. The first-order valence-corrected chi connectivity index (χ1v) is 7.63. The number of hydrogen-bond acceptors (Lipinski definition) is 1. The third-order valence-electron chi connectivity index (χ3n) is 4.62. The van der Waals surface area contributed by atoms with Gasteiger partial charge in [0.1, 0.15) is 0 Å². The Bertz CT molecular complexity index is 453. The Morgan fingerprint density at radius 1 is 1.00 bits per heavy atom. The molecular formula is C17H24F3N. The lowest BCUT2D eigenvalue weighted by molar-refractivity contribution is -0.184. The van der Waals surface area contributed by atoms with Gasteiger partial charge in [0, 0.05) is 6.04 Å². The van der Waals surface area contributed by atoms with Gasteiger partial charge in [-0.15, -0.1) is 0 Å². The maximum atomic E-state index is 12.8.